The van der Waals surface area contributed by atoms with Crippen LogP contribution in [-0.2, 0) is 4.79 Å². The van der Waals surface area contributed by atoms with Crippen molar-refractivity contribution in [3.63, 3.8) is 0 Å². The van der Waals surface area contributed by atoms with E-state index in [0.29, 0.717) is 10.8 Å². The molecule has 3 saturated carbocycles. The minimum absolute atomic E-state index is 0.0512. The van der Waals surface area contributed by atoms with Crippen molar-refractivity contribution >= 4 is 5.91 Å². The topological polar surface area (TPSA) is 43.1 Å². The summed E-state index contributed by atoms with van der Waals surface area (Å²) >= 11 is 0. The minimum atomic E-state index is -0.132. The van der Waals surface area contributed by atoms with E-state index in [1.165, 1.54) is 19.3 Å². The summed E-state index contributed by atoms with van der Waals surface area (Å²) in [7, 11) is 0. The molecule has 0 aromatic carbocycles. The first kappa shape index (κ1) is 11.0. The number of rotatable bonds is 1. The van der Waals surface area contributed by atoms with Crippen molar-refractivity contribution < 1.29 is 4.79 Å². The van der Waals surface area contributed by atoms with Crippen molar-refractivity contribution in [3.8, 4) is 0 Å². The number of carbonyl (C=O) groups is 1. The number of hydrogen-bond donors (Lipinski definition) is 1. The summed E-state index contributed by atoms with van der Waals surface area (Å²) in [4.78, 5) is 11.5. The molecule has 0 unspecified atom stereocenters. The summed E-state index contributed by atoms with van der Waals surface area (Å²) in [6.07, 6.45) is 6.66. The van der Waals surface area contributed by atoms with Gasteiger partial charge in [0.25, 0.3) is 0 Å². The van der Waals surface area contributed by atoms with Crippen molar-refractivity contribution in [2.45, 2.75) is 59.3 Å². The van der Waals surface area contributed by atoms with Gasteiger partial charge in [0.15, 0.2) is 0 Å². The molecular formula is C13H23NO. The van der Waals surface area contributed by atoms with E-state index in [1.807, 2.05) is 0 Å². The van der Waals surface area contributed by atoms with Crippen LogP contribution in [0.15, 0.2) is 0 Å². The van der Waals surface area contributed by atoms with Gasteiger partial charge in [0.1, 0.15) is 0 Å². The first-order chi connectivity index (χ1) is 6.81. The highest BCUT2D eigenvalue weighted by atomic mass is 16.1. The molecule has 3 aliphatic carbocycles. The summed E-state index contributed by atoms with van der Waals surface area (Å²) < 4.78 is 0. The fourth-order valence-electron chi connectivity index (χ4n) is 3.68. The molecular weight excluding hydrogens is 186 g/mol. The Kier molecular flexibility index (Phi) is 2.19. The van der Waals surface area contributed by atoms with Gasteiger partial charge in [-0.05, 0) is 49.4 Å². The van der Waals surface area contributed by atoms with Gasteiger partial charge in [-0.1, -0.05) is 20.8 Å². The Labute approximate surface area is 92.6 Å². The maximum absolute atomic E-state index is 11.5. The number of carbonyl (C=O) groups excluding carboxylic acids is 1. The average molecular weight is 209 g/mol. The minimum Gasteiger partial charge on any atom is -0.369 e. The molecule has 3 rings (SSSR count). The third kappa shape index (κ3) is 1.41. The maximum atomic E-state index is 11.5. The molecule has 2 bridgehead atoms. The lowest BCUT2D eigenvalue weighted by atomic mass is 9.47. The van der Waals surface area contributed by atoms with Crippen LogP contribution in [0.25, 0.3) is 0 Å². The van der Waals surface area contributed by atoms with Crippen LogP contribution in [0.3, 0.4) is 0 Å². The van der Waals surface area contributed by atoms with E-state index < -0.39 is 0 Å². The van der Waals surface area contributed by atoms with E-state index in [4.69, 9.17) is 5.73 Å². The monoisotopic (exact) mass is 209 g/mol. The molecule has 0 heterocycles. The molecule has 0 saturated heterocycles. The normalized spacial score (nSPS) is 40.5. The molecule has 3 fully saturated rings. The van der Waals surface area contributed by atoms with Gasteiger partial charge in [-0.3, -0.25) is 4.79 Å². The van der Waals surface area contributed by atoms with Gasteiger partial charge in [-0.2, -0.15) is 0 Å². The number of primary amides is 1. The van der Waals surface area contributed by atoms with Crippen LogP contribution in [0, 0.1) is 16.2 Å². The van der Waals surface area contributed by atoms with Crippen LogP contribution in [0.4, 0.5) is 0 Å². The van der Waals surface area contributed by atoms with Gasteiger partial charge in [0, 0.05) is 5.41 Å². The molecule has 2 N–H and O–H groups in total. The highest BCUT2D eigenvalue weighted by Gasteiger charge is 2.55. The van der Waals surface area contributed by atoms with E-state index in [0.717, 1.165) is 19.3 Å². The largest absolute Gasteiger partial charge is 0.369 e. The molecule has 0 aliphatic heterocycles. The van der Waals surface area contributed by atoms with Crippen molar-refractivity contribution in [3.05, 3.63) is 0 Å². The predicted octanol–water partition coefficient (Wildman–Crippen LogP) is 2.86. The Bertz CT molecular complexity index is 263. The summed E-state index contributed by atoms with van der Waals surface area (Å²) in [6.45, 7) is 7.03. The molecule has 15 heavy (non-hydrogen) atoms. The van der Waals surface area contributed by atoms with Crippen molar-refractivity contribution in [1.29, 1.82) is 0 Å². The standard InChI is InChI=1S/C13H23NO/c1-11(2,3)13-7-4-12(5-8-13,6-9-13)10(14)15/h4-9H2,1-3H3,(H2,14,15). The average Bonchev–Trinajstić information content (AvgIpc) is 2.19. The summed E-state index contributed by atoms with van der Waals surface area (Å²) in [5.74, 6) is -0.0512. The summed E-state index contributed by atoms with van der Waals surface area (Å²) in [5, 5.41) is 0. The third-order valence-corrected chi connectivity index (χ3v) is 5.36. The molecule has 0 aromatic rings. The molecule has 0 atom stereocenters. The van der Waals surface area contributed by atoms with E-state index in [-0.39, 0.29) is 11.3 Å². The van der Waals surface area contributed by atoms with E-state index in [2.05, 4.69) is 20.8 Å². The molecule has 1 amide bonds. The lowest BCUT2D eigenvalue weighted by Gasteiger charge is -2.57. The molecule has 0 spiro atoms. The molecule has 3 aliphatic rings. The fraction of sp³-hybridized carbons (Fsp3) is 0.923. The van der Waals surface area contributed by atoms with Crippen LogP contribution >= 0.6 is 0 Å². The molecule has 2 heteroatoms. The lowest BCUT2D eigenvalue weighted by molar-refractivity contribution is -0.143. The number of nitrogens with two attached hydrogens (primary N) is 1. The molecule has 0 radical (unpaired) electrons. The van der Waals surface area contributed by atoms with Gasteiger partial charge in [-0.15, -0.1) is 0 Å². The fourth-order valence-corrected chi connectivity index (χ4v) is 3.68. The Balaban J connectivity index is 2.21. The van der Waals surface area contributed by atoms with Crippen LogP contribution < -0.4 is 5.73 Å². The highest BCUT2D eigenvalue weighted by Crippen LogP contribution is 2.63. The number of hydrogen-bond acceptors (Lipinski definition) is 1. The second-order valence-electron chi connectivity index (χ2n) is 6.67. The Morgan fingerprint density at radius 2 is 1.40 bits per heavy atom. The van der Waals surface area contributed by atoms with Gasteiger partial charge >= 0.3 is 0 Å². The zero-order valence-electron chi connectivity index (χ0n) is 10.2. The van der Waals surface area contributed by atoms with Crippen molar-refractivity contribution in [1.82, 2.24) is 0 Å². The number of fused-ring (bicyclic) bond motifs is 3. The van der Waals surface area contributed by atoms with Crippen LogP contribution in [0.2, 0.25) is 0 Å². The Hall–Kier alpha value is -0.530. The first-order valence-corrected chi connectivity index (χ1v) is 6.11. The molecule has 2 nitrogen and oxygen atoms in total. The van der Waals surface area contributed by atoms with Gasteiger partial charge in [-0.25, -0.2) is 0 Å². The van der Waals surface area contributed by atoms with Gasteiger partial charge in [0.2, 0.25) is 5.91 Å². The van der Waals surface area contributed by atoms with Crippen molar-refractivity contribution in [2.75, 3.05) is 0 Å². The van der Waals surface area contributed by atoms with E-state index in [1.54, 1.807) is 0 Å². The summed E-state index contributed by atoms with van der Waals surface area (Å²) in [6, 6.07) is 0. The quantitative estimate of drug-likeness (QED) is 0.709. The second-order valence-corrected chi connectivity index (χ2v) is 6.67. The Morgan fingerprint density at radius 3 is 1.67 bits per heavy atom. The third-order valence-electron chi connectivity index (χ3n) is 5.36. The zero-order chi connectivity index (χ0) is 11.3. The van der Waals surface area contributed by atoms with E-state index >= 15 is 0 Å². The predicted molar refractivity (Wildman–Crippen MR) is 61.2 cm³/mol. The maximum Gasteiger partial charge on any atom is 0.223 e. The first-order valence-electron chi connectivity index (χ1n) is 6.11. The highest BCUT2D eigenvalue weighted by molar-refractivity contribution is 5.81. The Morgan fingerprint density at radius 1 is 1.00 bits per heavy atom. The zero-order valence-corrected chi connectivity index (χ0v) is 10.2. The lowest BCUT2D eigenvalue weighted by Crippen LogP contribution is -2.52. The van der Waals surface area contributed by atoms with Gasteiger partial charge < -0.3 is 5.73 Å². The van der Waals surface area contributed by atoms with Crippen LogP contribution in [0.1, 0.15) is 59.3 Å². The molecule has 86 valence electrons. The van der Waals surface area contributed by atoms with Crippen LogP contribution in [-0.4, -0.2) is 5.91 Å². The second kappa shape index (κ2) is 2.99. The summed E-state index contributed by atoms with van der Waals surface area (Å²) in [5.41, 5.74) is 6.27. The van der Waals surface area contributed by atoms with Crippen LogP contribution in [0.5, 0.6) is 0 Å². The molecule has 0 aromatic heterocycles. The SMILES string of the molecule is CC(C)(C)C12CCC(C(N)=O)(CC1)CC2. The van der Waals surface area contributed by atoms with Crippen molar-refractivity contribution in [2.24, 2.45) is 22.0 Å². The van der Waals surface area contributed by atoms with Gasteiger partial charge in [0.05, 0.1) is 0 Å². The number of amides is 1. The smallest absolute Gasteiger partial charge is 0.223 e. The van der Waals surface area contributed by atoms with E-state index in [9.17, 15) is 4.79 Å².